The van der Waals surface area contributed by atoms with Crippen LogP contribution in [-0.4, -0.2) is 32.8 Å². The second-order valence-corrected chi connectivity index (χ2v) is 7.91. The third-order valence-electron chi connectivity index (χ3n) is 3.85. The average Bonchev–Trinajstić information content (AvgIpc) is 2.34. The summed E-state index contributed by atoms with van der Waals surface area (Å²) in [5, 5.41) is 3.25. The molecule has 0 aromatic carbocycles. The van der Waals surface area contributed by atoms with Gasteiger partial charge in [0.05, 0.1) is 5.75 Å². The van der Waals surface area contributed by atoms with Crippen LogP contribution in [0, 0.1) is 5.92 Å². The van der Waals surface area contributed by atoms with Crippen molar-refractivity contribution in [1.29, 1.82) is 0 Å². The summed E-state index contributed by atoms with van der Waals surface area (Å²) >= 11 is 0. The molecule has 0 bridgehead atoms. The van der Waals surface area contributed by atoms with Gasteiger partial charge in [-0.2, -0.15) is 0 Å². The van der Waals surface area contributed by atoms with Crippen molar-refractivity contribution in [2.75, 3.05) is 12.3 Å². The van der Waals surface area contributed by atoms with Crippen molar-refractivity contribution >= 4 is 10.0 Å². The Morgan fingerprint density at radius 2 is 2.00 bits per heavy atom. The smallest absolute Gasteiger partial charge is 0.211 e. The summed E-state index contributed by atoms with van der Waals surface area (Å²) in [5.41, 5.74) is 0. The lowest BCUT2D eigenvalue weighted by Gasteiger charge is -2.28. The van der Waals surface area contributed by atoms with E-state index in [1.54, 1.807) is 0 Å². The molecule has 1 fully saturated rings. The first-order valence-corrected chi connectivity index (χ1v) is 9.31. The molecular formula is C14H30N2O2S. The molecular weight excluding hydrogens is 260 g/mol. The monoisotopic (exact) mass is 290 g/mol. The number of hydrogen-bond acceptors (Lipinski definition) is 3. The Hall–Kier alpha value is -0.130. The van der Waals surface area contributed by atoms with Gasteiger partial charge in [0.15, 0.2) is 0 Å². The predicted octanol–water partition coefficient (Wildman–Crippen LogP) is 2.26. The lowest BCUT2D eigenvalue weighted by Crippen LogP contribution is -2.40. The molecule has 2 N–H and O–H groups in total. The van der Waals surface area contributed by atoms with Crippen LogP contribution in [0.5, 0.6) is 0 Å². The second-order valence-electron chi connectivity index (χ2n) is 6.04. The van der Waals surface area contributed by atoms with Crippen LogP contribution in [0.2, 0.25) is 0 Å². The van der Waals surface area contributed by atoms with Crippen molar-refractivity contribution in [3.63, 3.8) is 0 Å². The zero-order valence-electron chi connectivity index (χ0n) is 12.6. The van der Waals surface area contributed by atoms with Crippen molar-refractivity contribution in [3.8, 4) is 0 Å². The fourth-order valence-electron chi connectivity index (χ4n) is 2.73. The highest BCUT2D eigenvalue weighted by Crippen LogP contribution is 2.26. The first-order valence-electron chi connectivity index (χ1n) is 7.66. The van der Waals surface area contributed by atoms with Crippen LogP contribution in [0.1, 0.15) is 59.3 Å². The molecule has 0 heterocycles. The minimum absolute atomic E-state index is 0.168. The summed E-state index contributed by atoms with van der Waals surface area (Å²) < 4.78 is 26.9. The molecule has 1 rings (SSSR count). The molecule has 0 aromatic heterocycles. The highest BCUT2D eigenvalue weighted by molar-refractivity contribution is 7.89. The topological polar surface area (TPSA) is 58.2 Å². The standard InChI is InChI=1S/C14H30N2O2S/c1-4-13-7-5-8-14(11-13)16-19(17,18)10-6-9-15-12(2)3/h12-16H,4-11H2,1-3H3. The second kappa shape index (κ2) is 8.22. The van der Waals surface area contributed by atoms with Crippen LogP contribution >= 0.6 is 0 Å². The van der Waals surface area contributed by atoms with Gasteiger partial charge in [-0.3, -0.25) is 0 Å². The van der Waals surface area contributed by atoms with E-state index in [0.29, 0.717) is 18.4 Å². The van der Waals surface area contributed by atoms with Gasteiger partial charge in [-0.05, 0) is 31.7 Å². The molecule has 2 unspecified atom stereocenters. The Morgan fingerprint density at radius 3 is 2.63 bits per heavy atom. The van der Waals surface area contributed by atoms with E-state index < -0.39 is 10.0 Å². The van der Waals surface area contributed by atoms with Crippen LogP contribution in [0.3, 0.4) is 0 Å². The SMILES string of the molecule is CCC1CCCC(NS(=O)(=O)CCCNC(C)C)C1. The maximum atomic E-state index is 12.0. The van der Waals surface area contributed by atoms with Gasteiger partial charge in [0.2, 0.25) is 10.0 Å². The van der Waals surface area contributed by atoms with Crippen LogP contribution in [0.25, 0.3) is 0 Å². The summed E-state index contributed by atoms with van der Waals surface area (Å²) in [4.78, 5) is 0. The van der Waals surface area contributed by atoms with E-state index in [9.17, 15) is 8.42 Å². The summed E-state index contributed by atoms with van der Waals surface area (Å²) in [6.07, 6.45) is 6.27. The predicted molar refractivity (Wildman–Crippen MR) is 80.7 cm³/mol. The van der Waals surface area contributed by atoms with Gasteiger partial charge >= 0.3 is 0 Å². The van der Waals surface area contributed by atoms with Crippen LogP contribution in [0.15, 0.2) is 0 Å². The Kier molecular flexibility index (Phi) is 7.32. The summed E-state index contributed by atoms with van der Waals surface area (Å²) in [7, 11) is -3.10. The summed E-state index contributed by atoms with van der Waals surface area (Å²) in [6, 6.07) is 0.584. The highest BCUT2D eigenvalue weighted by Gasteiger charge is 2.24. The largest absolute Gasteiger partial charge is 0.314 e. The van der Waals surface area contributed by atoms with E-state index in [1.165, 1.54) is 6.42 Å². The molecule has 0 spiro atoms. The van der Waals surface area contributed by atoms with Crippen molar-refractivity contribution in [2.45, 2.75) is 71.4 Å². The molecule has 0 radical (unpaired) electrons. The van der Waals surface area contributed by atoms with E-state index in [0.717, 1.165) is 32.2 Å². The molecule has 0 amide bonds. The Labute approximate surface area is 118 Å². The summed E-state index contributed by atoms with van der Waals surface area (Å²) in [5.74, 6) is 0.934. The number of rotatable bonds is 8. The molecule has 0 saturated heterocycles. The van der Waals surface area contributed by atoms with E-state index in [2.05, 4.69) is 30.8 Å². The molecule has 1 aliphatic carbocycles. The molecule has 19 heavy (non-hydrogen) atoms. The average molecular weight is 290 g/mol. The Balaban J connectivity index is 2.29. The zero-order valence-corrected chi connectivity index (χ0v) is 13.4. The first kappa shape index (κ1) is 16.9. The maximum absolute atomic E-state index is 12.0. The molecule has 1 aliphatic rings. The normalized spacial score (nSPS) is 24.8. The third-order valence-corrected chi connectivity index (χ3v) is 5.37. The van der Waals surface area contributed by atoms with Gasteiger partial charge in [0.25, 0.3) is 0 Å². The number of sulfonamides is 1. The fraction of sp³-hybridized carbons (Fsp3) is 1.00. The van der Waals surface area contributed by atoms with E-state index in [-0.39, 0.29) is 11.8 Å². The molecule has 4 nitrogen and oxygen atoms in total. The van der Waals surface area contributed by atoms with Gasteiger partial charge in [0.1, 0.15) is 0 Å². The number of nitrogens with one attached hydrogen (secondary N) is 2. The highest BCUT2D eigenvalue weighted by atomic mass is 32.2. The Bertz CT molecular complexity index is 341. The third kappa shape index (κ3) is 7.28. The van der Waals surface area contributed by atoms with Gasteiger partial charge in [-0.15, -0.1) is 0 Å². The Morgan fingerprint density at radius 1 is 1.26 bits per heavy atom. The lowest BCUT2D eigenvalue weighted by atomic mass is 9.85. The van der Waals surface area contributed by atoms with Gasteiger partial charge < -0.3 is 5.32 Å². The molecule has 0 aromatic rings. The molecule has 5 heteroatoms. The summed E-state index contributed by atoms with van der Waals surface area (Å²) in [6.45, 7) is 7.10. The van der Waals surface area contributed by atoms with E-state index >= 15 is 0 Å². The van der Waals surface area contributed by atoms with Crippen molar-refractivity contribution in [1.82, 2.24) is 10.0 Å². The van der Waals surface area contributed by atoms with Gasteiger partial charge in [-0.1, -0.05) is 40.0 Å². The van der Waals surface area contributed by atoms with Crippen LogP contribution in [-0.2, 0) is 10.0 Å². The van der Waals surface area contributed by atoms with Crippen molar-refractivity contribution in [3.05, 3.63) is 0 Å². The van der Waals surface area contributed by atoms with E-state index in [4.69, 9.17) is 0 Å². The van der Waals surface area contributed by atoms with Gasteiger partial charge in [0, 0.05) is 12.1 Å². The molecule has 1 saturated carbocycles. The quantitative estimate of drug-likeness (QED) is 0.674. The molecule has 2 atom stereocenters. The molecule has 0 aliphatic heterocycles. The lowest BCUT2D eigenvalue weighted by molar-refractivity contribution is 0.301. The fourth-order valence-corrected chi connectivity index (χ4v) is 4.10. The van der Waals surface area contributed by atoms with E-state index in [1.807, 2.05) is 0 Å². The van der Waals surface area contributed by atoms with Crippen LogP contribution < -0.4 is 10.0 Å². The molecule has 114 valence electrons. The van der Waals surface area contributed by atoms with Crippen molar-refractivity contribution in [2.24, 2.45) is 5.92 Å². The van der Waals surface area contributed by atoms with Gasteiger partial charge in [-0.25, -0.2) is 13.1 Å². The van der Waals surface area contributed by atoms with Crippen LogP contribution in [0.4, 0.5) is 0 Å². The minimum Gasteiger partial charge on any atom is -0.314 e. The minimum atomic E-state index is -3.10. The zero-order chi connectivity index (χ0) is 14.3. The number of hydrogen-bond donors (Lipinski definition) is 2. The van der Waals surface area contributed by atoms with Crippen molar-refractivity contribution < 1.29 is 8.42 Å². The first-order chi connectivity index (χ1) is 8.93. The maximum Gasteiger partial charge on any atom is 0.211 e.